The van der Waals surface area contributed by atoms with Gasteiger partial charge in [-0.25, -0.2) is 13.1 Å². The van der Waals surface area contributed by atoms with Gasteiger partial charge in [0.05, 0.1) is 0 Å². The summed E-state index contributed by atoms with van der Waals surface area (Å²) in [5, 5.41) is 8.97. The Hall–Kier alpha value is -0.370. The van der Waals surface area contributed by atoms with Gasteiger partial charge in [0, 0.05) is 12.1 Å². The number of aliphatic hydroxyl groups is 1. The zero-order chi connectivity index (χ0) is 13.9. The lowest BCUT2D eigenvalue weighted by atomic mass is 10.1. The zero-order valence-electron chi connectivity index (χ0n) is 10.6. The second-order valence-corrected chi connectivity index (χ2v) is 7.22. The van der Waals surface area contributed by atoms with Crippen LogP contribution >= 0.6 is 15.9 Å². The third kappa shape index (κ3) is 3.81. The Balaban J connectivity index is 2.14. The Kier molecular flexibility index (Phi) is 5.05. The molecule has 1 fully saturated rings. The summed E-state index contributed by atoms with van der Waals surface area (Å²) in [6.45, 7) is -0.322. The highest BCUT2D eigenvalue weighted by atomic mass is 79.9. The topological polar surface area (TPSA) is 79.5 Å². The standard InChI is InChI=1S/C12H18BrNO4S/c13-12-11(7-10(8-15)18-12)19(16,17)14-9-5-3-1-2-4-6-9/h7,9,14-15H,1-6,8H2. The van der Waals surface area contributed by atoms with Crippen LogP contribution in [0.1, 0.15) is 44.3 Å². The summed E-state index contributed by atoms with van der Waals surface area (Å²) in [5.74, 6) is 0.230. The maximum atomic E-state index is 12.3. The predicted octanol–water partition coefficient (Wildman–Crippen LogP) is 2.54. The molecule has 19 heavy (non-hydrogen) atoms. The molecular formula is C12H18BrNO4S. The highest BCUT2D eigenvalue weighted by molar-refractivity contribution is 9.10. The van der Waals surface area contributed by atoms with Gasteiger partial charge in [-0.2, -0.15) is 0 Å². The van der Waals surface area contributed by atoms with Crippen LogP contribution < -0.4 is 4.72 Å². The van der Waals surface area contributed by atoms with Crippen LogP contribution in [0.2, 0.25) is 0 Å². The van der Waals surface area contributed by atoms with Crippen LogP contribution in [0.5, 0.6) is 0 Å². The number of hydrogen-bond acceptors (Lipinski definition) is 4. The van der Waals surface area contributed by atoms with Crippen molar-refractivity contribution < 1.29 is 17.9 Å². The minimum Gasteiger partial charge on any atom is -0.450 e. The normalized spacial score (nSPS) is 18.4. The molecule has 5 nitrogen and oxygen atoms in total. The summed E-state index contributed by atoms with van der Waals surface area (Å²) in [5.41, 5.74) is 0. The van der Waals surface area contributed by atoms with E-state index in [9.17, 15) is 8.42 Å². The fourth-order valence-electron chi connectivity index (χ4n) is 2.34. The molecule has 0 unspecified atom stereocenters. The Morgan fingerprint density at radius 2 is 1.95 bits per heavy atom. The van der Waals surface area contributed by atoms with E-state index in [1.165, 1.54) is 18.9 Å². The molecule has 2 N–H and O–H groups in total. The Labute approximate surface area is 121 Å². The minimum absolute atomic E-state index is 0.00752. The van der Waals surface area contributed by atoms with Crippen molar-refractivity contribution in [3.8, 4) is 0 Å². The molecule has 2 rings (SSSR count). The summed E-state index contributed by atoms with van der Waals surface area (Å²) in [6, 6.07) is 1.34. The van der Waals surface area contributed by atoms with Gasteiger partial charge in [0.25, 0.3) is 0 Å². The number of sulfonamides is 1. The van der Waals surface area contributed by atoms with Crippen LogP contribution in [-0.4, -0.2) is 19.6 Å². The van der Waals surface area contributed by atoms with Crippen molar-refractivity contribution in [1.82, 2.24) is 4.72 Å². The van der Waals surface area contributed by atoms with Crippen molar-refractivity contribution in [2.45, 2.75) is 56.1 Å². The van der Waals surface area contributed by atoms with E-state index < -0.39 is 10.0 Å². The number of hydrogen-bond donors (Lipinski definition) is 2. The second-order valence-electron chi connectivity index (χ2n) is 4.82. The van der Waals surface area contributed by atoms with Gasteiger partial charge in [-0.1, -0.05) is 25.7 Å². The maximum Gasteiger partial charge on any atom is 0.245 e. The van der Waals surface area contributed by atoms with E-state index in [0.29, 0.717) is 0 Å². The van der Waals surface area contributed by atoms with Crippen LogP contribution in [0.15, 0.2) is 20.0 Å². The van der Waals surface area contributed by atoms with Crippen LogP contribution in [0.25, 0.3) is 0 Å². The maximum absolute atomic E-state index is 12.3. The van der Waals surface area contributed by atoms with E-state index in [-0.39, 0.29) is 28.0 Å². The minimum atomic E-state index is -3.60. The molecule has 1 saturated carbocycles. The fraction of sp³-hybridized carbons (Fsp3) is 0.667. The summed E-state index contributed by atoms with van der Waals surface area (Å²) in [4.78, 5) is 0.0563. The van der Waals surface area contributed by atoms with Crippen molar-refractivity contribution in [2.75, 3.05) is 0 Å². The third-order valence-electron chi connectivity index (χ3n) is 3.33. The van der Waals surface area contributed by atoms with Crippen LogP contribution in [-0.2, 0) is 16.6 Å². The molecule has 1 aliphatic rings. The third-order valence-corrected chi connectivity index (χ3v) is 5.71. The summed E-state index contributed by atoms with van der Waals surface area (Å²) in [7, 11) is -3.60. The lowest BCUT2D eigenvalue weighted by Crippen LogP contribution is -2.34. The van der Waals surface area contributed by atoms with E-state index >= 15 is 0 Å². The fourth-order valence-corrected chi connectivity index (χ4v) is 4.64. The molecule has 0 saturated heterocycles. The van der Waals surface area contributed by atoms with Gasteiger partial charge in [-0.3, -0.25) is 0 Å². The molecule has 0 aliphatic heterocycles. The van der Waals surface area contributed by atoms with Crippen molar-refractivity contribution in [1.29, 1.82) is 0 Å². The molecule has 1 aromatic heterocycles. The number of rotatable bonds is 4. The Morgan fingerprint density at radius 3 is 2.47 bits per heavy atom. The van der Waals surface area contributed by atoms with Gasteiger partial charge >= 0.3 is 0 Å². The largest absolute Gasteiger partial charge is 0.450 e. The van der Waals surface area contributed by atoms with Gasteiger partial charge in [-0.15, -0.1) is 0 Å². The molecule has 0 amide bonds. The Bertz CT molecular complexity index is 518. The number of aliphatic hydroxyl groups excluding tert-OH is 1. The first-order valence-corrected chi connectivity index (χ1v) is 8.72. The molecular weight excluding hydrogens is 334 g/mol. The van der Waals surface area contributed by atoms with E-state index in [0.717, 1.165) is 25.7 Å². The van der Waals surface area contributed by atoms with Crippen LogP contribution in [0.4, 0.5) is 0 Å². The molecule has 0 bridgehead atoms. The molecule has 0 radical (unpaired) electrons. The van der Waals surface area contributed by atoms with E-state index in [1.807, 2.05) is 0 Å². The number of nitrogens with one attached hydrogen (secondary N) is 1. The van der Waals surface area contributed by atoms with Crippen LogP contribution in [0.3, 0.4) is 0 Å². The molecule has 0 aromatic carbocycles. The first-order valence-electron chi connectivity index (χ1n) is 6.44. The monoisotopic (exact) mass is 351 g/mol. The quantitative estimate of drug-likeness (QED) is 0.817. The first kappa shape index (κ1) is 15.0. The second kappa shape index (κ2) is 6.39. The molecule has 0 spiro atoms. The van der Waals surface area contributed by atoms with Gasteiger partial charge in [0.15, 0.2) is 4.67 Å². The highest BCUT2D eigenvalue weighted by Gasteiger charge is 2.26. The van der Waals surface area contributed by atoms with E-state index in [1.54, 1.807) is 0 Å². The molecule has 0 atom stereocenters. The van der Waals surface area contributed by atoms with Crippen molar-refractivity contribution in [3.63, 3.8) is 0 Å². The Morgan fingerprint density at radius 1 is 1.32 bits per heavy atom. The van der Waals surface area contributed by atoms with Gasteiger partial charge in [-0.05, 0) is 28.8 Å². The average molecular weight is 352 g/mol. The van der Waals surface area contributed by atoms with Crippen molar-refractivity contribution in [3.05, 3.63) is 16.5 Å². The first-order chi connectivity index (χ1) is 9.03. The molecule has 1 heterocycles. The lowest BCUT2D eigenvalue weighted by molar-refractivity contribution is 0.245. The SMILES string of the molecule is O=S(=O)(NC1CCCCCC1)c1cc(CO)oc1Br. The molecule has 7 heteroatoms. The number of furan rings is 1. The summed E-state index contributed by atoms with van der Waals surface area (Å²) < 4.78 is 32.5. The summed E-state index contributed by atoms with van der Waals surface area (Å²) in [6.07, 6.45) is 6.21. The molecule has 1 aromatic rings. The van der Waals surface area contributed by atoms with Crippen LogP contribution in [0, 0.1) is 0 Å². The van der Waals surface area contributed by atoms with Gasteiger partial charge in [0.1, 0.15) is 17.3 Å². The van der Waals surface area contributed by atoms with Crippen molar-refractivity contribution >= 4 is 26.0 Å². The molecule has 1 aliphatic carbocycles. The van der Waals surface area contributed by atoms with Gasteiger partial charge in [0.2, 0.25) is 10.0 Å². The van der Waals surface area contributed by atoms with Crippen molar-refractivity contribution in [2.24, 2.45) is 0 Å². The highest BCUT2D eigenvalue weighted by Crippen LogP contribution is 2.27. The molecule has 108 valence electrons. The van der Waals surface area contributed by atoms with E-state index in [2.05, 4.69) is 20.7 Å². The lowest BCUT2D eigenvalue weighted by Gasteiger charge is -2.15. The number of halogens is 1. The smallest absolute Gasteiger partial charge is 0.245 e. The zero-order valence-corrected chi connectivity index (χ0v) is 13.0. The predicted molar refractivity (Wildman–Crippen MR) is 74.1 cm³/mol. The summed E-state index contributed by atoms with van der Waals surface area (Å²) >= 11 is 3.08. The van der Waals surface area contributed by atoms with Gasteiger partial charge < -0.3 is 9.52 Å². The van der Waals surface area contributed by atoms with E-state index in [4.69, 9.17) is 9.52 Å². The average Bonchev–Trinajstić information content (AvgIpc) is 2.57.